The van der Waals surface area contributed by atoms with Crippen LogP contribution in [0.4, 0.5) is 0 Å². The molecule has 1 aromatic heterocycles. The minimum Gasteiger partial charge on any atom is -0.457 e. The van der Waals surface area contributed by atoms with Gasteiger partial charge in [0, 0.05) is 13.0 Å². The Morgan fingerprint density at radius 3 is 2.58 bits per heavy atom. The van der Waals surface area contributed by atoms with E-state index in [1.807, 2.05) is 54.6 Å². The van der Waals surface area contributed by atoms with Crippen LogP contribution in [-0.2, 0) is 21.2 Å². The van der Waals surface area contributed by atoms with Gasteiger partial charge in [-0.05, 0) is 61.2 Å². The van der Waals surface area contributed by atoms with Gasteiger partial charge in [0.1, 0.15) is 15.7 Å². The van der Waals surface area contributed by atoms with Crippen molar-refractivity contribution in [3.8, 4) is 11.5 Å². The molecule has 31 heavy (non-hydrogen) atoms. The fraction of sp³-hybridized carbons (Fsp3) is 0.261. The van der Waals surface area contributed by atoms with Gasteiger partial charge in [-0.3, -0.25) is 4.79 Å². The summed E-state index contributed by atoms with van der Waals surface area (Å²) in [5, 5.41) is 0. The largest absolute Gasteiger partial charge is 0.457 e. The molecule has 2 aromatic carbocycles. The van der Waals surface area contributed by atoms with Crippen LogP contribution in [0, 0.1) is 0 Å². The van der Waals surface area contributed by atoms with Crippen LogP contribution in [-0.4, -0.2) is 31.1 Å². The highest BCUT2D eigenvalue weighted by Crippen LogP contribution is 2.33. The van der Waals surface area contributed by atoms with E-state index in [9.17, 15) is 13.2 Å². The number of benzene rings is 2. The van der Waals surface area contributed by atoms with Crippen LogP contribution in [0.5, 0.6) is 11.5 Å². The number of aryl methyl sites for hydroxylation is 1. The number of Topliss-reactive ketones (excluding diaryl/α,β-unsaturated/α-hetero) is 1. The minimum absolute atomic E-state index is 0.0573. The third kappa shape index (κ3) is 5.18. The lowest BCUT2D eigenvalue weighted by Crippen LogP contribution is -2.40. The molecule has 0 unspecified atom stereocenters. The number of para-hydroxylation sites is 1. The molecule has 0 saturated carbocycles. The van der Waals surface area contributed by atoms with E-state index in [0.717, 1.165) is 22.6 Å². The predicted molar refractivity (Wildman–Crippen MR) is 123 cm³/mol. The SMILES string of the molecule is O=C(CCc1cccc(Oc2ccccc2)c1)[C@@H]1CCCN1S(=O)(=O)c1ccc(Cl)s1. The molecule has 0 bridgehead atoms. The van der Waals surface area contributed by atoms with Gasteiger partial charge in [0.2, 0.25) is 0 Å². The van der Waals surface area contributed by atoms with Crippen molar-refractivity contribution in [3.05, 3.63) is 76.6 Å². The first-order valence-electron chi connectivity index (χ1n) is 10.1. The Morgan fingerprint density at radius 2 is 1.84 bits per heavy atom. The maximum absolute atomic E-state index is 13.0. The molecule has 5 nitrogen and oxygen atoms in total. The van der Waals surface area contributed by atoms with E-state index in [2.05, 4.69) is 0 Å². The average Bonchev–Trinajstić information content (AvgIpc) is 3.43. The second kappa shape index (κ2) is 9.53. The van der Waals surface area contributed by atoms with E-state index in [4.69, 9.17) is 16.3 Å². The molecule has 3 aromatic rings. The molecule has 0 radical (unpaired) electrons. The molecule has 0 amide bonds. The number of hydrogen-bond donors (Lipinski definition) is 0. The molecule has 1 atom stereocenters. The van der Waals surface area contributed by atoms with Crippen molar-refractivity contribution < 1.29 is 17.9 Å². The van der Waals surface area contributed by atoms with Crippen LogP contribution in [0.1, 0.15) is 24.8 Å². The van der Waals surface area contributed by atoms with Gasteiger partial charge in [-0.2, -0.15) is 4.31 Å². The van der Waals surface area contributed by atoms with Gasteiger partial charge in [0.05, 0.1) is 10.4 Å². The van der Waals surface area contributed by atoms with Gasteiger partial charge in [-0.25, -0.2) is 8.42 Å². The molecule has 162 valence electrons. The Kier molecular flexibility index (Phi) is 6.77. The number of thiophene rings is 1. The minimum atomic E-state index is -3.71. The van der Waals surface area contributed by atoms with E-state index >= 15 is 0 Å². The number of carbonyl (C=O) groups excluding carboxylic acids is 1. The molecule has 1 aliphatic rings. The smallest absolute Gasteiger partial charge is 0.253 e. The highest BCUT2D eigenvalue weighted by Gasteiger charge is 2.39. The van der Waals surface area contributed by atoms with Crippen molar-refractivity contribution in [1.29, 1.82) is 0 Å². The molecule has 2 heterocycles. The van der Waals surface area contributed by atoms with Crippen molar-refractivity contribution in [3.63, 3.8) is 0 Å². The molecule has 4 rings (SSSR count). The quantitative estimate of drug-likeness (QED) is 0.428. The molecule has 0 N–H and O–H groups in total. The molecule has 0 aliphatic carbocycles. The maximum Gasteiger partial charge on any atom is 0.253 e. The Balaban J connectivity index is 1.41. The van der Waals surface area contributed by atoms with E-state index < -0.39 is 16.1 Å². The zero-order valence-electron chi connectivity index (χ0n) is 16.7. The van der Waals surface area contributed by atoms with Crippen LogP contribution in [0.3, 0.4) is 0 Å². The van der Waals surface area contributed by atoms with Gasteiger partial charge in [-0.15, -0.1) is 11.3 Å². The standard InChI is InChI=1S/C23H22ClNO4S2/c24-22-13-14-23(30-22)31(27,28)25-15-5-10-20(25)21(26)12-11-17-6-4-9-19(16-17)29-18-7-2-1-3-8-18/h1-4,6-9,13-14,16,20H,5,10-12,15H2/t20-/m0/s1. The second-order valence-electron chi connectivity index (χ2n) is 7.36. The number of ether oxygens (including phenoxy) is 1. The van der Waals surface area contributed by atoms with Gasteiger partial charge < -0.3 is 4.74 Å². The van der Waals surface area contributed by atoms with Gasteiger partial charge in [0.25, 0.3) is 10.0 Å². The number of rotatable bonds is 8. The number of carbonyl (C=O) groups is 1. The number of ketones is 1. The number of hydrogen-bond acceptors (Lipinski definition) is 5. The van der Waals surface area contributed by atoms with Crippen molar-refractivity contribution in [2.24, 2.45) is 0 Å². The third-order valence-electron chi connectivity index (χ3n) is 5.22. The van der Waals surface area contributed by atoms with E-state index in [1.165, 1.54) is 10.4 Å². The summed E-state index contributed by atoms with van der Waals surface area (Å²) in [5.74, 6) is 1.39. The van der Waals surface area contributed by atoms with E-state index in [-0.39, 0.29) is 16.4 Å². The molecule has 0 spiro atoms. The summed E-state index contributed by atoms with van der Waals surface area (Å²) in [6, 6.07) is 19.6. The lowest BCUT2D eigenvalue weighted by molar-refractivity contribution is -0.122. The zero-order valence-corrected chi connectivity index (χ0v) is 19.1. The Morgan fingerprint density at radius 1 is 1.06 bits per heavy atom. The van der Waals surface area contributed by atoms with Crippen molar-refractivity contribution >= 4 is 38.7 Å². The first-order valence-corrected chi connectivity index (χ1v) is 12.7. The fourth-order valence-corrected chi connectivity index (χ4v) is 7.02. The topological polar surface area (TPSA) is 63.7 Å². The highest BCUT2D eigenvalue weighted by atomic mass is 35.5. The Hall–Kier alpha value is -2.19. The molecule has 1 fully saturated rings. The summed E-state index contributed by atoms with van der Waals surface area (Å²) in [6.07, 6.45) is 2.03. The first-order chi connectivity index (χ1) is 14.9. The van der Waals surface area contributed by atoms with Gasteiger partial charge in [0.15, 0.2) is 5.78 Å². The van der Waals surface area contributed by atoms with Crippen LogP contribution in [0.2, 0.25) is 4.34 Å². The summed E-state index contributed by atoms with van der Waals surface area (Å²) in [7, 11) is -3.71. The molecular weight excluding hydrogens is 454 g/mol. The van der Waals surface area contributed by atoms with Gasteiger partial charge in [-0.1, -0.05) is 41.9 Å². The lowest BCUT2D eigenvalue weighted by Gasteiger charge is -2.22. The van der Waals surface area contributed by atoms with Crippen molar-refractivity contribution in [2.45, 2.75) is 35.9 Å². The monoisotopic (exact) mass is 475 g/mol. The highest BCUT2D eigenvalue weighted by molar-refractivity contribution is 7.91. The molecule has 1 saturated heterocycles. The Labute approximate surface area is 191 Å². The third-order valence-corrected chi connectivity index (χ3v) is 8.83. The van der Waals surface area contributed by atoms with Crippen LogP contribution < -0.4 is 4.74 Å². The molecule has 8 heteroatoms. The van der Waals surface area contributed by atoms with Crippen LogP contribution in [0.15, 0.2) is 70.9 Å². The van der Waals surface area contributed by atoms with Crippen LogP contribution in [0.25, 0.3) is 0 Å². The second-order valence-corrected chi connectivity index (χ2v) is 11.2. The average molecular weight is 476 g/mol. The number of halogens is 1. The predicted octanol–water partition coefficient (Wildman–Crippen LogP) is 5.55. The summed E-state index contributed by atoms with van der Waals surface area (Å²) < 4.78 is 33.7. The van der Waals surface area contributed by atoms with E-state index in [0.29, 0.717) is 35.9 Å². The molecular formula is C23H22ClNO4S2. The number of sulfonamides is 1. The van der Waals surface area contributed by atoms with Gasteiger partial charge >= 0.3 is 0 Å². The Bertz CT molecular complexity index is 1160. The summed E-state index contributed by atoms with van der Waals surface area (Å²) in [6.45, 7) is 0.356. The normalized spacial score (nSPS) is 17.0. The molecule has 1 aliphatic heterocycles. The number of nitrogens with zero attached hydrogens (tertiary/aromatic N) is 1. The lowest BCUT2D eigenvalue weighted by atomic mass is 10.0. The first kappa shape index (κ1) is 22.0. The maximum atomic E-state index is 13.0. The van der Waals surface area contributed by atoms with E-state index in [1.54, 1.807) is 6.07 Å². The fourth-order valence-electron chi connectivity index (χ4n) is 3.72. The van der Waals surface area contributed by atoms with Crippen LogP contribution >= 0.6 is 22.9 Å². The van der Waals surface area contributed by atoms with Crippen molar-refractivity contribution in [2.75, 3.05) is 6.54 Å². The summed E-state index contributed by atoms with van der Waals surface area (Å²) in [5.41, 5.74) is 0.972. The summed E-state index contributed by atoms with van der Waals surface area (Å²) >= 11 is 6.93. The summed E-state index contributed by atoms with van der Waals surface area (Å²) in [4.78, 5) is 12.9. The van der Waals surface area contributed by atoms with Crippen molar-refractivity contribution in [1.82, 2.24) is 4.31 Å². The zero-order chi connectivity index (χ0) is 21.8.